The Morgan fingerprint density at radius 1 is 1.40 bits per heavy atom. The zero-order valence-electron chi connectivity index (χ0n) is 8.73. The SMILES string of the molecule is CCN(N=O)c1ccc(NC(C)=O)cc1. The van der Waals surface area contributed by atoms with Gasteiger partial charge in [0.2, 0.25) is 5.91 Å². The third-order valence-corrected chi connectivity index (χ3v) is 1.88. The average molecular weight is 207 g/mol. The van der Waals surface area contributed by atoms with E-state index < -0.39 is 0 Å². The number of nitrogens with zero attached hydrogens (tertiary/aromatic N) is 2. The van der Waals surface area contributed by atoms with Crippen molar-refractivity contribution in [2.24, 2.45) is 5.29 Å². The first kappa shape index (κ1) is 11.2. The van der Waals surface area contributed by atoms with Crippen LogP contribution in [0.3, 0.4) is 0 Å². The summed E-state index contributed by atoms with van der Waals surface area (Å²) in [6.07, 6.45) is 0. The van der Waals surface area contributed by atoms with Crippen molar-refractivity contribution in [1.82, 2.24) is 0 Å². The summed E-state index contributed by atoms with van der Waals surface area (Å²) in [6.45, 7) is 3.80. The molecule has 0 aliphatic carbocycles. The van der Waals surface area contributed by atoms with E-state index in [4.69, 9.17) is 0 Å². The van der Waals surface area contributed by atoms with Crippen LogP contribution in [0, 0.1) is 4.91 Å². The summed E-state index contributed by atoms with van der Waals surface area (Å²) in [5.74, 6) is -0.122. The van der Waals surface area contributed by atoms with Gasteiger partial charge in [-0.15, -0.1) is 4.91 Å². The molecule has 0 aliphatic heterocycles. The van der Waals surface area contributed by atoms with Gasteiger partial charge in [-0.25, -0.2) is 5.01 Å². The summed E-state index contributed by atoms with van der Waals surface area (Å²) in [6, 6.07) is 6.92. The molecule has 0 aliphatic rings. The smallest absolute Gasteiger partial charge is 0.221 e. The molecule has 0 saturated heterocycles. The molecule has 0 heterocycles. The number of anilines is 2. The lowest BCUT2D eigenvalue weighted by Gasteiger charge is -2.12. The molecule has 1 rings (SSSR count). The molecule has 0 aromatic heterocycles. The molecule has 80 valence electrons. The lowest BCUT2D eigenvalue weighted by Crippen LogP contribution is -2.14. The van der Waals surface area contributed by atoms with Crippen molar-refractivity contribution >= 4 is 17.3 Å². The lowest BCUT2D eigenvalue weighted by atomic mass is 10.2. The highest BCUT2D eigenvalue weighted by molar-refractivity contribution is 5.88. The second-order valence-electron chi connectivity index (χ2n) is 3.03. The molecule has 0 unspecified atom stereocenters. The summed E-state index contributed by atoms with van der Waals surface area (Å²) < 4.78 is 0. The van der Waals surface area contributed by atoms with E-state index in [9.17, 15) is 9.70 Å². The predicted molar refractivity (Wildman–Crippen MR) is 59.6 cm³/mol. The summed E-state index contributed by atoms with van der Waals surface area (Å²) in [5, 5.41) is 6.84. The summed E-state index contributed by atoms with van der Waals surface area (Å²) >= 11 is 0. The Balaban J connectivity index is 2.79. The first-order valence-corrected chi connectivity index (χ1v) is 4.66. The van der Waals surface area contributed by atoms with E-state index in [0.29, 0.717) is 17.9 Å². The van der Waals surface area contributed by atoms with Crippen LogP contribution in [0.4, 0.5) is 11.4 Å². The fourth-order valence-corrected chi connectivity index (χ4v) is 1.21. The summed E-state index contributed by atoms with van der Waals surface area (Å²) in [5.41, 5.74) is 1.41. The molecule has 0 radical (unpaired) electrons. The summed E-state index contributed by atoms with van der Waals surface area (Å²) in [4.78, 5) is 21.2. The molecule has 0 fully saturated rings. The van der Waals surface area contributed by atoms with Crippen LogP contribution in [0.15, 0.2) is 29.6 Å². The molecular formula is C10H13N3O2. The maximum absolute atomic E-state index is 10.8. The summed E-state index contributed by atoms with van der Waals surface area (Å²) in [7, 11) is 0. The minimum Gasteiger partial charge on any atom is -0.326 e. The standard InChI is InChI=1S/C10H13N3O2/c1-3-13(12-15)10-6-4-9(5-7-10)11-8(2)14/h4-7H,3H2,1-2H3,(H,11,14). The topological polar surface area (TPSA) is 61.8 Å². The average Bonchev–Trinajstić information content (AvgIpc) is 2.21. The van der Waals surface area contributed by atoms with Gasteiger partial charge in [0.25, 0.3) is 0 Å². The highest BCUT2D eigenvalue weighted by atomic mass is 16.3. The fourth-order valence-electron chi connectivity index (χ4n) is 1.21. The molecule has 5 nitrogen and oxygen atoms in total. The van der Waals surface area contributed by atoms with Crippen LogP contribution < -0.4 is 10.3 Å². The number of carbonyl (C=O) groups is 1. The Hall–Kier alpha value is -1.91. The molecule has 1 amide bonds. The Morgan fingerprint density at radius 3 is 2.40 bits per heavy atom. The molecule has 0 atom stereocenters. The number of benzene rings is 1. The van der Waals surface area contributed by atoms with E-state index in [2.05, 4.69) is 10.6 Å². The van der Waals surface area contributed by atoms with Crippen LogP contribution in [0.1, 0.15) is 13.8 Å². The zero-order valence-corrected chi connectivity index (χ0v) is 8.73. The van der Waals surface area contributed by atoms with Crippen molar-refractivity contribution < 1.29 is 4.79 Å². The van der Waals surface area contributed by atoms with Gasteiger partial charge in [0.15, 0.2) is 0 Å². The number of rotatable bonds is 4. The van der Waals surface area contributed by atoms with E-state index >= 15 is 0 Å². The van der Waals surface area contributed by atoms with Gasteiger partial charge in [0.1, 0.15) is 0 Å². The number of hydrogen-bond donors (Lipinski definition) is 1. The van der Waals surface area contributed by atoms with Crippen LogP contribution in [-0.4, -0.2) is 12.5 Å². The minimum absolute atomic E-state index is 0.122. The number of nitrogens with one attached hydrogen (secondary N) is 1. The highest BCUT2D eigenvalue weighted by Gasteiger charge is 2.03. The first-order valence-electron chi connectivity index (χ1n) is 4.66. The Kier molecular flexibility index (Phi) is 3.79. The van der Waals surface area contributed by atoms with E-state index in [1.165, 1.54) is 11.9 Å². The molecule has 0 saturated carbocycles. The van der Waals surface area contributed by atoms with Gasteiger partial charge in [-0.05, 0) is 31.2 Å². The van der Waals surface area contributed by atoms with Crippen molar-refractivity contribution in [2.75, 3.05) is 16.9 Å². The van der Waals surface area contributed by atoms with E-state index in [1.54, 1.807) is 24.3 Å². The normalized spacial score (nSPS) is 9.47. The highest BCUT2D eigenvalue weighted by Crippen LogP contribution is 2.17. The van der Waals surface area contributed by atoms with Gasteiger partial charge in [0.05, 0.1) is 11.0 Å². The first-order chi connectivity index (χ1) is 7.17. The van der Waals surface area contributed by atoms with Crippen molar-refractivity contribution in [3.63, 3.8) is 0 Å². The van der Waals surface area contributed by atoms with Crippen LogP contribution in [0.2, 0.25) is 0 Å². The Morgan fingerprint density at radius 2 is 2.00 bits per heavy atom. The quantitative estimate of drug-likeness (QED) is 0.607. The van der Waals surface area contributed by atoms with Gasteiger partial charge in [0, 0.05) is 19.2 Å². The van der Waals surface area contributed by atoms with Crippen molar-refractivity contribution in [1.29, 1.82) is 0 Å². The van der Waals surface area contributed by atoms with Gasteiger partial charge in [-0.1, -0.05) is 0 Å². The molecule has 1 N–H and O–H groups in total. The lowest BCUT2D eigenvalue weighted by molar-refractivity contribution is -0.114. The van der Waals surface area contributed by atoms with Crippen LogP contribution in [0.5, 0.6) is 0 Å². The van der Waals surface area contributed by atoms with Gasteiger partial charge < -0.3 is 5.32 Å². The van der Waals surface area contributed by atoms with Crippen LogP contribution >= 0.6 is 0 Å². The monoisotopic (exact) mass is 207 g/mol. The van der Waals surface area contributed by atoms with Gasteiger partial charge in [-0.3, -0.25) is 4.79 Å². The number of hydrogen-bond acceptors (Lipinski definition) is 3. The van der Waals surface area contributed by atoms with Crippen molar-refractivity contribution in [3.05, 3.63) is 29.2 Å². The Labute approximate surface area is 88.0 Å². The van der Waals surface area contributed by atoms with Crippen molar-refractivity contribution in [2.45, 2.75) is 13.8 Å². The number of carbonyl (C=O) groups excluding carboxylic acids is 1. The second kappa shape index (κ2) is 5.09. The zero-order chi connectivity index (χ0) is 11.3. The number of nitroso groups, excluding NO2 is 1. The Bertz CT molecular complexity index is 348. The maximum atomic E-state index is 10.8. The maximum Gasteiger partial charge on any atom is 0.221 e. The number of amides is 1. The molecule has 0 spiro atoms. The second-order valence-corrected chi connectivity index (χ2v) is 3.03. The van der Waals surface area contributed by atoms with Crippen LogP contribution in [-0.2, 0) is 4.79 Å². The minimum atomic E-state index is -0.122. The fraction of sp³-hybridized carbons (Fsp3) is 0.300. The molecule has 15 heavy (non-hydrogen) atoms. The van der Waals surface area contributed by atoms with E-state index in [1.807, 2.05) is 6.92 Å². The van der Waals surface area contributed by atoms with Crippen molar-refractivity contribution in [3.8, 4) is 0 Å². The molecule has 1 aromatic rings. The van der Waals surface area contributed by atoms with Gasteiger partial charge >= 0.3 is 0 Å². The third kappa shape index (κ3) is 3.05. The predicted octanol–water partition coefficient (Wildman–Crippen LogP) is 2.15. The molecule has 5 heteroatoms. The van der Waals surface area contributed by atoms with E-state index in [-0.39, 0.29) is 5.91 Å². The molecular weight excluding hydrogens is 194 g/mol. The third-order valence-electron chi connectivity index (χ3n) is 1.88. The van der Waals surface area contributed by atoms with E-state index in [0.717, 1.165) is 0 Å². The largest absolute Gasteiger partial charge is 0.326 e. The van der Waals surface area contributed by atoms with Crippen LogP contribution in [0.25, 0.3) is 0 Å². The van der Waals surface area contributed by atoms with Gasteiger partial charge in [-0.2, -0.15) is 0 Å². The molecule has 0 bridgehead atoms. The molecule has 1 aromatic carbocycles.